The number of aromatic amines is 1. The van der Waals surface area contributed by atoms with E-state index in [9.17, 15) is 9.18 Å². The number of nitrogens with zero attached hydrogens (tertiary/aromatic N) is 1. The van der Waals surface area contributed by atoms with Crippen LogP contribution in [-0.4, -0.2) is 16.1 Å². The summed E-state index contributed by atoms with van der Waals surface area (Å²) in [7, 11) is 0. The molecule has 100 valence electrons. The maximum atomic E-state index is 13.7. The molecule has 5 nitrogen and oxygen atoms in total. The molecule has 0 fully saturated rings. The number of ether oxygens (including phenoxy) is 1. The molecule has 3 rings (SSSR count). The number of hydrogen-bond donors (Lipinski definition) is 2. The summed E-state index contributed by atoms with van der Waals surface area (Å²) < 4.78 is 18.4. The van der Waals surface area contributed by atoms with E-state index in [1.165, 1.54) is 6.07 Å². The highest BCUT2D eigenvalue weighted by Crippen LogP contribution is 2.26. The molecule has 1 aromatic heterocycles. The molecule has 0 aliphatic heterocycles. The van der Waals surface area contributed by atoms with E-state index in [0.717, 1.165) is 0 Å². The lowest BCUT2D eigenvalue weighted by Gasteiger charge is -2.02. The third-order valence-corrected chi connectivity index (χ3v) is 2.84. The first-order valence-corrected chi connectivity index (χ1v) is 5.85. The summed E-state index contributed by atoms with van der Waals surface area (Å²) in [5, 5.41) is 0. The van der Waals surface area contributed by atoms with Crippen molar-refractivity contribution in [2.75, 3.05) is 0 Å². The van der Waals surface area contributed by atoms with Gasteiger partial charge in [0, 0.05) is 5.56 Å². The van der Waals surface area contributed by atoms with Gasteiger partial charge in [-0.15, -0.1) is 0 Å². The smallest absolute Gasteiger partial charge is 0.376 e. The van der Waals surface area contributed by atoms with Crippen molar-refractivity contribution in [3.8, 4) is 17.1 Å². The van der Waals surface area contributed by atoms with Crippen LogP contribution in [0.15, 0.2) is 42.5 Å². The predicted octanol–water partition coefficient (Wildman–Crippen LogP) is 2.83. The second-order valence-electron chi connectivity index (χ2n) is 4.17. The van der Waals surface area contributed by atoms with Crippen LogP contribution in [0.25, 0.3) is 22.2 Å². The van der Waals surface area contributed by atoms with Gasteiger partial charge in [0.2, 0.25) is 0 Å². The lowest BCUT2D eigenvalue weighted by molar-refractivity contribution is 0.207. The Balaban J connectivity index is 2.07. The largest absolute Gasteiger partial charge is 0.412 e. The number of rotatable bonds is 2. The summed E-state index contributed by atoms with van der Waals surface area (Å²) in [6.45, 7) is 0. The van der Waals surface area contributed by atoms with Crippen LogP contribution in [0.2, 0.25) is 0 Å². The zero-order chi connectivity index (χ0) is 14.1. The molecule has 0 unspecified atom stereocenters. The molecule has 0 saturated carbocycles. The van der Waals surface area contributed by atoms with Crippen LogP contribution < -0.4 is 10.5 Å². The normalized spacial score (nSPS) is 10.7. The van der Waals surface area contributed by atoms with Crippen molar-refractivity contribution >= 4 is 17.1 Å². The Hall–Kier alpha value is -2.89. The molecule has 0 saturated heterocycles. The Morgan fingerprint density at radius 3 is 2.80 bits per heavy atom. The van der Waals surface area contributed by atoms with Gasteiger partial charge in [-0.2, -0.15) is 4.98 Å². The van der Waals surface area contributed by atoms with Gasteiger partial charge in [-0.1, -0.05) is 24.3 Å². The molecule has 0 aliphatic carbocycles. The van der Waals surface area contributed by atoms with Gasteiger partial charge in [-0.25, -0.2) is 9.18 Å². The molecule has 0 radical (unpaired) electrons. The first kappa shape index (κ1) is 12.2. The van der Waals surface area contributed by atoms with Crippen molar-refractivity contribution in [1.82, 2.24) is 9.97 Å². The van der Waals surface area contributed by atoms with E-state index >= 15 is 0 Å². The number of amides is 1. The van der Waals surface area contributed by atoms with Gasteiger partial charge in [-0.3, -0.25) is 0 Å². The predicted molar refractivity (Wildman–Crippen MR) is 71.7 cm³/mol. The van der Waals surface area contributed by atoms with Crippen LogP contribution in [0.3, 0.4) is 0 Å². The standard InChI is InChI=1S/C14H10FN3O2/c15-10-4-2-1-3-9(10)8-5-6-11-12(7-8)18-14(17-11)20-13(16)19/h1-7H,(H2,16,19)(H,17,18). The highest BCUT2D eigenvalue weighted by molar-refractivity contribution is 5.83. The fraction of sp³-hybridized carbons (Fsp3) is 0. The summed E-state index contributed by atoms with van der Waals surface area (Å²) in [6, 6.07) is 11.7. The fourth-order valence-electron chi connectivity index (χ4n) is 1.99. The van der Waals surface area contributed by atoms with Crippen LogP contribution in [0.4, 0.5) is 9.18 Å². The minimum absolute atomic E-state index is 0.0122. The van der Waals surface area contributed by atoms with Gasteiger partial charge >= 0.3 is 12.1 Å². The van der Waals surface area contributed by atoms with Crippen LogP contribution in [-0.2, 0) is 0 Å². The first-order valence-electron chi connectivity index (χ1n) is 5.85. The molecule has 6 heteroatoms. The van der Waals surface area contributed by atoms with Gasteiger partial charge in [-0.05, 0) is 23.8 Å². The zero-order valence-electron chi connectivity index (χ0n) is 10.3. The molecule has 0 bridgehead atoms. The second-order valence-corrected chi connectivity index (χ2v) is 4.17. The molecule has 0 atom stereocenters. The number of fused-ring (bicyclic) bond motifs is 1. The van der Waals surface area contributed by atoms with Crippen LogP contribution in [0.5, 0.6) is 6.01 Å². The topological polar surface area (TPSA) is 81.0 Å². The van der Waals surface area contributed by atoms with E-state index in [1.54, 1.807) is 36.4 Å². The van der Waals surface area contributed by atoms with Crippen LogP contribution in [0, 0.1) is 5.82 Å². The maximum absolute atomic E-state index is 13.7. The van der Waals surface area contributed by atoms with E-state index in [2.05, 4.69) is 14.7 Å². The van der Waals surface area contributed by atoms with E-state index in [-0.39, 0.29) is 11.8 Å². The Morgan fingerprint density at radius 2 is 2.05 bits per heavy atom. The van der Waals surface area contributed by atoms with Crippen LogP contribution in [0.1, 0.15) is 0 Å². The van der Waals surface area contributed by atoms with E-state index < -0.39 is 6.09 Å². The molecule has 0 spiro atoms. The molecule has 20 heavy (non-hydrogen) atoms. The number of aromatic nitrogens is 2. The molecular formula is C14H10FN3O2. The summed E-state index contributed by atoms with van der Waals surface area (Å²) in [6.07, 6.45) is -0.946. The zero-order valence-corrected chi connectivity index (χ0v) is 10.3. The number of benzene rings is 2. The summed E-state index contributed by atoms with van der Waals surface area (Å²) in [4.78, 5) is 17.5. The number of primary amides is 1. The van der Waals surface area contributed by atoms with Crippen molar-refractivity contribution in [3.05, 3.63) is 48.3 Å². The molecule has 0 aliphatic rings. The molecule has 3 N–H and O–H groups in total. The minimum Gasteiger partial charge on any atom is -0.376 e. The van der Waals surface area contributed by atoms with Gasteiger partial charge in [0.25, 0.3) is 0 Å². The van der Waals surface area contributed by atoms with Crippen molar-refractivity contribution < 1.29 is 13.9 Å². The Labute approximate surface area is 113 Å². The summed E-state index contributed by atoms with van der Waals surface area (Å²) in [5.41, 5.74) is 7.33. The monoisotopic (exact) mass is 271 g/mol. The molecular weight excluding hydrogens is 261 g/mol. The second kappa shape index (κ2) is 4.65. The third kappa shape index (κ3) is 2.18. The SMILES string of the molecule is NC(=O)Oc1nc2ccc(-c3ccccc3F)cc2[nH]1. The first-order chi connectivity index (χ1) is 9.63. The van der Waals surface area contributed by atoms with Crippen molar-refractivity contribution in [2.24, 2.45) is 5.73 Å². The number of halogens is 1. The van der Waals surface area contributed by atoms with Crippen LogP contribution >= 0.6 is 0 Å². The van der Waals surface area contributed by atoms with Gasteiger partial charge in [0.15, 0.2) is 0 Å². The van der Waals surface area contributed by atoms with E-state index in [0.29, 0.717) is 22.2 Å². The van der Waals surface area contributed by atoms with Gasteiger partial charge in [0.05, 0.1) is 11.0 Å². The number of imidazole rings is 1. The Morgan fingerprint density at radius 1 is 1.25 bits per heavy atom. The van der Waals surface area contributed by atoms with Crippen molar-refractivity contribution in [1.29, 1.82) is 0 Å². The molecule has 2 aromatic carbocycles. The average molecular weight is 271 g/mol. The molecule has 3 aromatic rings. The third-order valence-electron chi connectivity index (χ3n) is 2.84. The lowest BCUT2D eigenvalue weighted by atomic mass is 10.0. The van der Waals surface area contributed by atoms with Crippen molar-refractivity contribution in [3.63, 3.8) is 0 Å². The number of H-pyrrole nitrogens is 1. The number of nitrogens with two attached hydrogens (primary N) is 1. The lowest BCUT2D eigenvalue weighted by Crippen LogP contribution is -2.16. The average Bonchev–Trinajstić information content (AvgIpc) is 2.79. The number of hydrogen-bond acceptors (Lipinski definition) is 3. The Kier molecular flexibility index (Phi) is 2.83. The van der Waals surface area contributed by atoms with Gasteiger partial charge < -0.3 is 15.5 Å². The Bertz CT molecular complexity index is 798. The summed E-state index contributed by atoms with van der Waals surface area (Å²) >= 11 is 0. The quantitative estimate of drug-likeness (QED) is 0.752. The highest BCUT2D eigenvalue weighted by atomic mass is 19.1. The maximum Gasteiger partial charge on any atom is 0.412 e. The minimum atomic E-state index is -0.946. The number of nitrogens with one attached hydrogen (secondary N) is 1. The van der Waals surface area contributed by atoms with E-state index in [1.807, 2.05) is 0 Å². The molecule has 1 heterocycles. The number of carbonyl (C=O) groups excluding carboxylic acids is 1. The van der Waals surface area contributed by atoms with E-state index in [4.69, 9.17) is 5.73 Å². The van der Waals surface area contributed by atoms with Crippen molar-refractivity contribution in [2.45, 2.75) is 0 Å². The fourth-order valence-corrected chi connectivity index (χ4v) is 1.99. The number of carbonyl (C=O) groups is 1. The van der Waals surface area contributed by atoms with Gasteiger partial charge in [0.1, 0.15) is 5.82 Å². The summed E-state index contributed by atoms with van der Waals surface area (Å²) in [5.74, 6) is -0.306. The highest BCUT2D eigenvalue weighted by Gasteiger charge is 2.09. The molecule has 1 amide bonds.